The van der Waals surface area contributed by atoms with Crippen LogP contribution in [-0.2, 0) is 13.5 Å². The van der Waals surface area contributed by atoms with Crippen molar-refractivity contribution in [2.75, 3.05) is 20.2 Å². The van der Waals surface area contributed by atoms with Crippen molar-refractivity contribution in [2.45, 2.75) is 33.2 Å². The summed E-state index contributed by atoms with van der Waals surface area (Å²) in [4.78, 5) is 4.33. The predicted molar refractivity (Wildman–Crippen MR) is 135 cm³/mol. The fourth-order valence-electron chi connectivity index (χ4n) is 3.55. The van der Waals surface area contributed by atoms with E-state index in [1.54, 1.807) is 7.05 Å². The number of guanidine groups is 1. The number of aliphatic imine (C=N–C) groups is 1. The highest BCUT2D eigenvalue weighted by Crippen LogP contribution is 2.24. The third-order valence-corrected chi connectivity index (χ3v) is 5.18. The normalized spacial score (nSPS) is 12.4. The highest BCUT2D eigenvalue weighted by molar-refractivity contribution is 14.0. The van der Waals surface area contributed by atoms with Crippen LogP contribution >= 0.6 is 24.0 Å². The molecular weight excluding hydrogens is 489 g/mol. The van der Waals surface area contributed by atoms with Crippen LogP contribution < -0.4 is 15.4 Å². The lowest BCUT2D eigenvalue weighted by Crippen LogP contribution is -2.44. The van der Waals surface area contributed by atoms with E-state index in [4.69, 9.17) is 4.74 Å². The Morgan fingerprint density at radius 1 is 1.17 bits per heavy atom. The second kappa shape index (κ2) is 11.2. The topological polar surface area (TPSA) is 63.5 Å². The zero-order valence-electron chi connectivity index (χ0n) is 18.4. The maximum absolute atomic E-state index is 5.99. The van der Waals surface area contributed by atoms with E-state index >= 15 is 0 Å². The number of aromatic nitrogens is 2. The van der Waals surface area contributed by atoms with Crippen molar-refractivity contribution < 1.29 is 4.74 Å². The largest absolute Gasteiger partial charge is 0.491 e. The molecule has 0 spiro atoms. The van der Waals surface area contributed by atoms with Gasteiger partial charge in [-0.05, 0) is 44.2 Å². The molecule has 3 aromatic rings. The summed E-state index contributed by atoms with van der Waals surface area (Å²) in [5, 5.41) is 13.6. The van der Waals surface area contributed by atoms with Crippen LogP contribution in [0.15, 0.2) is 47.5 Å². The summed E-state index contributed by atoms with van der Waals surface area (Å²) in [6, 6.07) is 14.6. The monoisotopic (exact) mass is 521 g/mol. The summed E-state index contributed by atoms with van der Waals surface area (Å²) in [6.07, 6.45) is 0.901. The summed E-state index contributed by atoms with van der Waals surface area (Å²) < 4.78 is 7.93. The minimum Gasteiger partial charge on any atom is -0.491 e. The van der Waals surface area contributed by atoms with Gasteiger partial charge in [0.25, 0.3) is 0 Å². The number of nitrogens with one attached hydrogen (secondary N) is 2. The van der Waals surface area contributed by atoms with Gasteiger partial charge in [-0.15, -0.1) is 24.0 Å². The zero-order valence-corrected chi connectivity index (χ0v) is 20.7. The summed E-state index contributed by atoms with van der Waals surface area (Å²) in [6.45, 7) is 7.56. The minimum absolute atomic E-state index is 0. The van der Waals surface area contributed by atoms with Crippen LogP contribution in [0.5, 0.6) is 5.75 Å². The SMILES string of the molecule is CN=C(NCCOc1cccc2ccccc12)NC(C)Cc1c(C)nn(C)c1C.I. The number of nitrogens with zero attached hydrogens (tertiary/aromatic N) is 3. The van der Waals surface area contributed by atoms with Gasteiger partial charge in [0.1, 0.15) is 12.4 Å². The van der Waals surface area contributed by atoms with Crippen molar-refractivity contribution in [1.82, 2.24) is 20.4 Å². The third kappa shape index (κ3) is 5.87. The van der Waals surface area contributed by atoms with Gasteiger partial charge in [0, 0.05) is 31.2 Å². The number of halogens is 1. The molecule has 0 aliphatic carbocycles. The van der Waals surface area contributed by atoms with Crippen molar-refractivity contribution in [3.63, 3.8) is 0 Å². The quantitative estimate of drug-likeness (QED) is 0.214. The second-order valence-electron chi connectivity index (χ2n) is 7.35. The van der Waals surface area contributed by atoms with Crippen LogP contribution in [0.2, 0.25) is 0 Å². The lowest BCUT2D eigenvalue weighted by atomic mass is 10.1. The molecule has 30 heavy (non-hydrogen) atoms. The highest BCUT2D eigenvalue weighted by Gasteiger charge is 2.14. The van der Waals surface area contributed by atoms with Crippen molar-refractivity contribution in [2.24, 2.45) is 12.0 Å². The van der Waals surface area contributed by atoms with Gasteiger partial charge in [0.05, 0.1) is 12.2 Å². The van der Waals surface area contributed by atoms with Gasteiger partial charge in [0.2, 0.25) is 0 Å². The highest BCUT2D eigenvalue weighted by atomic mass is 127. The molecule has 7 heteroatoms. The zero-order chi connectivity index (χ0) is 20.8. The maximum atomic E-state index is 5.99. The molecule has 0 saturated carbocycles. The number of rotatable bonds is 7. The van der Waals surface area contributed by atoms with Gasteiger partial charge >= 0.3 is 0 Å². The van der Waals surface area contributed by atoms with E-state index in [1.165, 1.54) is 16.6 Å². The number of hydrogen-bond acceptors (Lipinski definition) is 3. The molecule has 0 saturated heterocycles. The summed E-state index contributed by atoms with van der Waals surface area (Å²) in [5.74, 6) is 1.68. The summed E-state index contributed by atoms with van der Waals surface area (Å²) in [7, 11) is 3.77. The van der Waals surface area contributed by atoms with E-state index in [1.807, 2.05) is 36.0 Å². The molecule has 6 nitrogen and oxygen atoms in total. The molecule has 3 rings (SSSR count). The molecule has 1 aromatic heterocycles. The first kappa shape index (κ1) is 24.0. The molecule has 0 bridgehead atoms. The molecule has 162 valence electrons. The minimum atomic E-state index is 0. The van der Waals surface area contributed by atoms with E-state index in [2.05, 4.69) is 59.7 Å². The van der Waals surface area contributed by atoms with E-state index < -0.39 is 0 Å². The maximum Gasteiger partial charge on any atom is 0.191 e. The third-order valence-electron chi connectivity index (χ3n) is 5.18. The smallest absolute Gasteiger partial charge is 0.191 e. The first-order chi connectivity index (χ1) is 14.0. The summed E-state index contributed by atoms with van der Waals surface area (Å²) in [5.41, 5.74) is 3.59. The standard InChI is InChI=1S/C23H31N5O.HI/c1-16(15-21-17(2)27-28(5)18(21)3)26-23(24-4)25-13-14-29-22-12-8-10-19-9-6-7-11-20(19)22;/h6-12,16H,13-15H2,1-5H3,(H2,24,25,26);1H. The molecule has 1 unspecified atom stereocenters. The number of benzene rings is 2. The molecule has 0 radical (unpaired) electrons. The Hall–Kier alpha value is -2.29. The van der Waals surface area contributed by atoms with E-state index in [0.717, 1.165) is 29.2 Å². The van der Waals surface area contributed by atoms with Gasteiger partial charge in [-0.2, -0.15) is 5.10 Å². The lowest BCUT2D eigenvalue weighted by molar-refractivity contribution is 0.325. The molecule has 2 aromatic carbocycles. The lowest BCUT2D eigenvalue weighted by Gasteiger charge is -2.18. The molecule has 0 aliphatic rings. The Bertz CT molecular complexity index is 993. The average Bonchev–Trinajstić information content (AvgIpc) is 2.96. The molecule has 0 amide bonds. The first-order valence-corrected chi connectivity index (χ1v) is 10.1. The van der Waals surface area contributed by atoms with Crippen molar-refractivity contribution in [3.8, 4) is 5.75 Å². The van der Waals surface area contributed by atoms with Crippen LogP contribution in [0.25, 0.3) is 10.8 Å². The summed E-state index contributed by atoms with van der Waals surface area (Å²) >= 11 is 0. The van der Waals surface area contributed by atoms with E-state index in [0.29, 0.717) is 13.2 Å². The first-order valence-electron chi connectivity index (χ1n) is 10.1. The molecule has 2 N–H and O–H groups in total. The van der Waals surface area contributed by atoms with E-state index in [9.17, 15) is 0 Å². The molecule has 0 aliphatic heterocycles. The Balaban J connectivity index is 0.00000320. The number of aryl methyl sites for hydroxylation is 2. The second-order valence-corrected chi connectivity index (χ2v) is 7.35. The van der Waals surface area contributed by atoms with Crippen molar-refractivity contribution >= 4 is 40.7 Å². The Morgan fingerprint density at radius 2 is 1.90 bits per heavy atom. The molecule has 0 fully saturated rings. The number of fused-ring (bicyclic) bond motifs is 1. The van der Waals surface area contributed by atoms with Crippen LogP contribution in [0, 0.1) is 13.8 Å². The Morgan fingerprint density at radius 3 is 2.60 bits per heavy atom. The fraction of sp³-hybridized carbons (Fsp3) is 0.391. The van der Waals surface area contributed by atoms with E-state index in [-0.39, 0.29) is 30.0 Å². The fourth-order valence-corrected chi connectivity index (χ4v) is 3.55. The van der Waals surface area contributed by atoms with Gasteiger partial charge in [-0.25, -0.2) is 0 Å². The van der Waals surface area contributed by atoms with Gasteiger partial charge in [-0.1, -0.05) is 36.4 Å². The van der Waals surface area contributed by atoms with Gasteiger partial charge in [0.15, 0.2) is 5.96 Å². The molecular formula is C23H32IN5O. The Labute approximate surface area is 196 Å². The van der Waals surface area contributed by atoms with Crippen LogP contribution in [-0.4, -0.2) is 42.0 Å². The predicted octanol–water partition coefficient (Wildman–Crippen LogP) is 3.98. The van der Waals surface area contributed by atoms with Gasteiger partial charge in [-0.3, -0.25) is 9.67 Å². The van der Waals surface area contributed by atoms with Crippen LogP contribution in [0.4, 0.5) is 0 Å². The van der Waals surface area contributed by atoms with Crippen LogP contribution in [0.1, 0.15) is 23.9 Å². The number of ether oxygens (including phenoxy) is 1. The van der Waals surface area contributed by atoms with Crippen molar-refractivity contribution in [3.05, 3.63) is 59.4 Å². The molecule has 1 heterocycles. The number of hydrogen-bond donors (Lipinski definition) is 2. The molecule has 1 atom stereocenters. The Kier molecular flexibility index (Phi) is 8.95. The van der Waals surface area contributed by atoms with Crippen molar-refractivity contribution in [1.29, 1.82) is 0 Å². The van der Waals surface area contributed by atoms with Gasteiger partial charge < -0.3 is 15.4 Å². The van der Waals surface area contributed by atoms with Crippen LogP contribution in [0.3, 0.4) is 0 Å². The average molecular weight is 521 g/mol.